The molecule has 0 bridgehead atoms. The Balaban J connectivity index is 1.56. The van der Waals surface area contributed by atoms with E-state index in [-0.39, 0.29) is 5.91 Å². The van der Waals surface area contributed by atoms with Gasteiger partial charge in [-0.15, -0.1) is 0 Å². The maximum absolute atomic E-state index is 12.4. The lowest BCUT2D eigenvalue weighted by molar-refractivity contribution is 0.0950. The van der Waals surface area contributed by atoms with Gasteiger partial charge in [-0.3, -0.25) is 9.78 Å². The van der Waals surface area contributed by atoms with E-state index in [2.05, 4.69) is 15.3 Å². The first kappa shape index (κ1) is 18.4. The Hall–Kier alpha value is -3.41. The predicted octanol–water partition coefficient (Wildman–Crippen LogP) is 3.05. The van der Waals surface area contributed by atoms with Gasteiger partial charge in [0.25, 0.3) is 5.91 Å². The molecular formula is C21H22N4O2. The standard InChI is InChI=1S/C21H22N4O2/c1-25(2)20-9-8-16(13-23-20)14-24-21(26)18-6-3-7-19(11-18)27-15-17-5-4-10-22-12-17/h3-13H,14-15H2,1-2H3,(H,24,26). The van der Waals surface area contributed by atoms with Crippen LogP contribution in [0, 0.1) is 0 Å². The fourth-order valence-corrected chi connectivity index (χ4v) is 2.45. The lowest BCUT2D eigenvalue weighted by Gasteiger charge is -2.12. The van der Waals surface area contributed by atoms with Gasteiger partial charge in [0, 0.05) is 50.4 Å². The van der Waals surface area contributed by atoms with Crippen molar-refractivity contribution in [3.8, 4) is 5.75 Å². The molecule has 3 aromatic rings. The van der Waals surface area contributed by atoms with Crippen LogP contribution in [-0.2, 0) is 13.2 Å². The van der Waals surface area contributed by atoms with E-state index < -0.39 is 0 Å². The number of hydrogen-bond acceptors (Lipinski definition) is 5. The predicted molar refractivity (Wildman–Crippen MR) is 105 cm³/mol. The molecule has 1 N–H and O–H groups in total. The Bertz CT molecular complexity index is 880. The molecule has 27 heavy (non-hydrogen) atoms. The van der Waals surface area contributed by atoms with Crippen LogP contribution < -0.4 is 15.0 Å². The van der Waals surface area contributed by atoms with Gasteiger partial charge in [0.1, 0.15) is 18.2 Å². The van der Waals surface area contributed by atoms with Crippen molar-refractivity contribution in [1.82, 2.24) is 15.3 Å². The Morgan fingerprint density at radius 2 is 1.96 bits per heavy atom. The van der Waals surface area contributed by atoms with Crippen LogP contribution in [0.15, 0.2) is 67.1 Å². The third-order valence-corrected chi connectivity index (χ3v) is 3.94. The van der Waals surface area contributed by atoms with Crippen LogP contribution in [0.2, 0.25) is 0 Å². The van der Waals surface area contributed by atoms with Crippen molar-refractivity contribution in [1.29, 1.82) is 0 Å². The summed E-state index contributed by atoms with van der Waals surface area (Å²) < 4.78 is 5.75. The fraction of sp³-hybridized carbons (Fsp3) is 0.190. The van der Waals surface area contributed by atoms with Crippen molar-refractivity contribution >= 4 is 11.7 Å². The SMILES string of the molecule is CN(C)c1ccc(CNC(=O)c2cccc(OCc3cccnc3)c2)cn1. The molecule has 2 aromatic heterocycles. The van der Waals surface area contributed by atoms with E-state index in [1.54, 1.807) is 36.8 Å². The lowest BCUT2D eigenvalue weighted by atomic mass is 10.2. The van der Waals surface area contributed by atoms with E-state index in [0.29, 0.717) is 24.5 Å². The molecule has 1 aromatic carbocycles. The normalized spacial score (nSPS) is 10.3. The monoisotopic (exact) mass is 362 g/mol. The summed E-state index contributed by atoms with van der Waals surface area (Å²) in [6, 6.07) is 14.8. The Morgan fingerprint density at radius 1 is 1.07 bits per heavy atom. The molecule has 2 heterocycles. The second-order valence-electron chi connectivity index (χ2n) is 6.28. The number of benzene rings is 1. The van der Waals surface area contributed by atoms with Gasteiger partial charge in [-0.25, -0.2) is 4.98 Å². The summed E-state index contributed by atoms with van der Waals surface area (Å²) in [5, 5.41) is 2.91. The Labute approximate surface area is 158 Å². The third-order valence-electron chi connectivity index (χ3n) is 3.94. The summed E-state index contributed by atoms with van der Waals surface area (Å²) in [5.41, 5.74) is 2.47. The molecule has 0 spiro atoms. The number of anilines is 1. The largest absolute Gasteiger partial charge is 0.489 e. The zero-order valence-corrected chi connectivity index (χ0v) is 15.4. The maximum Gasteiger partial charge on any atom is 0.251 e. The molecule has 0 atom stereocenters. The van der Waals surface area contributed by atoms with Crippen LogP contribution in [0.3, 0.4) is 0 Å². The Morgan fingerprint density at radius 3 is 2.67 bits per heavy atom. The number of aromatic nitrogens is 2. The first-order chi connectivity index (χ1) is 13.1. The van der Waals surface area contributed by atoms with Crippen molar-refractivity contribution in [3.63, 3.8) is 0 Å². The van der Waals surface area contributed by atoms with Crippen molar-refractivity contribution < 1.29 is 9.53 Å². The zero-order chi connectivity index (χ0) is 19.1. The topological polar surface area (TPSA) is 67.4 Å². The molecule has 0 fully saturated rings. The number of amides is 1. The molecule has 0 aliphatic heterocycles. The van der Waals surface area contributed by atoms with Crippen LogP contribution in [0.5, 0.6) is 5.75 Å². The van der Waals surface area contributed by atoms with Crippen LogP contribution >= 0.6 is 0 Å². The fourth-order valence-electron chi connectivity index (χ4n) is 2.45. The van der Waals surface area contributed by atoms with Gasteiger partial charge in [0.05, 0.1) is 0 Å². The highest BCUT2D eigenvalue weighted by Gasteiger charge is 2.07. The molecule has 3 rings (SSSR count). The van der Waals surface area contributed by atoms with Crippen molar-refractivity contribution in [3.05, 3.63) is 83.8 Å². The average molecular weight is 362 g/mol. The van der Waals surface area contributed by atoms with E-state index in [4.69, 9.17) is 4.74 Å². The van der Waals surface area contributed by atoms with Crippen LogP contribution in [0.4, 0.5) is 5.82 Å². The highest BCUT2D eigenvalue weighted by molar-refractivity contribution is 5.94. The molecule has 1 amide bonds. The average Bonchev–Trinajstić information content (AvgIpc) is 2.72. The van der Waals surface area contributed by atoms with Crippen molar-refractivity contribution in [2.75, 3.05) is 19.0 Å². The number of rotatable bonds is 7. The van der Waals surface area contributed by atoms with Gasteiger partial charge in [-0.05, 0) is 35.9 Å². The molecule has 0 aliphatic carbocycles. The van der Waals surface area contributed by atoms with Crippen LogP contribution in [0.25, 0.3) is 0 Å². The van der Waals surface area contributed by atoms with Crippen molar-refractivity contribution in [2.24, 2.45) is 0 Å². The number of carbonyl (C=O) groups is 1. The number of ether oxygens (including phenoxy) is 1. The Kier molecular flexibility index (Phi) is 5.99. The van der Waals surface area contributed by atoms with Gasteiger partial charge >= 0.3 is 0 Å². The zero-order valence-electron chi connectivity index (χ0n) is 15.4. The first-order valence-electron chi connectivity index (χ1n) is 8.64. The highest BCUT2D eigenvalue weighted by Crippen LogP contribution is 2.15. The number of carbonyl (C=O) groups excluding carboxylic acids is 1. The summed E-state index contributed by atoms with van der Waals surface area (Å²) in [4.78, 5) is 22.7. The minimum Gasteiger partial charge on any atom is -0.489 e. The summed E-state index contributed by atoms with van der Waals surface area (Å²) in [7, 11) is 3.88. The number of pyridine rings is 2. The molecule has 0 saturated carbocycles. The van der Waals surface area contributed by atoms with E-state index >= 15 is 0 Å². The van der Waals surface area contributed by atoms with Crippen LogP contribution in [-0.4, -0.2) is 30.0 Å². The van der Waals surface area contributed by atoms with Gasteiger partial charge < -0.3 is 15.0 Å². The van der Waals surface area contributed by atoms with Crippen molar-refractivity contribution in [2.45, 2.75) is 13.2 Å². The van der Waals surface area contributed by atoms with E-state index in [1.165, 1.54) is 0 Å². The van der Waals surface area contributed by atoms with Gasteiger partial charge in [0.2, 0.25) is 0 Å². The molecule has 138 valence electrons. The van der Waals surface area contributed by atoms with E-state index in [0.717, 1.165) is 16.9 Å². The second-order valence-corrected chi connectivity index (χ2v) is 6.28. The van der Waals surface area contributed by atoms with Gasteiger partial charge in [-0.2, -0.15) is 0 Å². The highest BCUT2D eigenvalue weighted by atomic mass is 16.5. The van der Waals surface area contributed by atoms with Gasteiger partial charge in [-0.1, -0.05) is 18.2 Å². The molecule has 0 aliphatic rings. The molecule has 6 heteroatoms. The van der Waals surface area contributed by atoms with Crippen LogP contribution in [0.1, 0.15) is 21.5 Å². The maximum atomic E-state index is 12.4. The number of hydrogen-bond donors (Lipinski definition) is 1. The number of nitrogens with one attached hydrogen (secondary N) is 1. The first-order valence-corrected chi connectivity index (χ1v) is 8.64. The van der Waals surface area contributed by atoms with E-state index in [1.807, 2.05) is 49.3 Å². The summed E-state index contributed by atoms with van der Waals surface area (Å²) in [6.07, 6.45) is 5.24. The third kappa shape index (κ3) is 5.28. The molecular weight excluding hydrogens is 340 g/mol. The smallest absolute Gasteiger partial charge is 0.251 e. The summed E-state index contributed by atoms with van der Waals surface area (Å²) in [5.74, 6) is 1.37. The molecule has 0 saturated heterocycles. The molecule has 6 nitrogen and oxygen atoms in total. The minimum atomic E-state index is -0.154. The lowest BCUT2D eigenvalue weighted by Crippen LogP contribution is -2.23. The summed E-state index contributed by atoms with van der Waals surface area (Å²) in [6.45, 7) is 0.823. The molecule has 0 unspecified atom stereocenters. The second kappa shape index (κ2) is 8.80. The van der Waals surface area contributed by atoms with E-state index in [9.17, 15) is 4.79 Å². The number of nitrogens with zero attached hydrogens (tertiary/aromatic N) is 3. The van der Waals surface area contributed by atoms with Gasteiger partial charge in [0.15, 0.2) is 0 Å². The molecule has 0 radical (unpaired) electrons. The quantitative estimate of drug-likeness (QED) is 0.700. The minimum absolute atomic E-state index is 0.154. The summed E-state index contributed by atoms with van der Waals surface area (Å²) >= 11 is 0.